The van der Waals surface area contributed by atoms with Crippen molar-refractivity contribution in [2.24, 2.45) is 0 Å². The van der Waals surface area contributed by atoms with E-state index in [-0.39, 0.29) is 28.9 Å². The Morgan fingerprint density at radius 2 is 1.68 bits per heavy atom. The van der Waals surface area contributed by atoms with Gasteiger partial charge in [0.2, 0.25) is 10.0 Å². The molecule has 3 rings (SSSR count). The summed E-state index contributed by atoms with van der Waals surface area (Å²) in [6.07, 6.45) is 0.327. The predicted molar refractivity (Wildman–Crippen MR) is 119 cm³/mol. The summed E-state index contributed by atoms with van der Waals surface area (Å²) < 4.78 is 41.8. The third-order valence-electron chi connectivity index (χ3n) is 4.93. The van der Waals surface area contributed by atoms with Crippen LogP contribution in [0.3, 0.4) is 0 Å². The van der Waals surface area contributed by atoms with Crippen molar-refractivity contribution in [3.05, 3.63) is 101 Å². The van der Waals surface area contributed by atoms with Crippen molar-refractivity contribution < 1.29 is 17.6 Å². The van der Waals surface area contributed by atoms with Crippen LogP contribution in [0.2, 0.25) is 0 Å². The van der Waals surface area contributed by atoms with Crippen molar-refractivity contribution in [1.29, 1.82) is 0 Å². The smallest absolute Gasteiger partial charge is 0.251 e. The van der Waals surface area contributed by atoms with E-state index in [1.165, 1.54) is 18.2 Å². The molecule has 7 heteroatoms. The molecule has 0 aromatic heterocycles. The fourth-order valence-electron chi connectivity index (χ4n) is 3.22. The Labute approximate surface area is 182 Å². The van der Waals surface area contributed by atoms with Gasteiger partial charge in [-0.05, 0) is 55.2 Å². The molecule has 0 aliphatic heterocycles. The fraction of sp³-hybridized carbons (Fsp3) is 0.208. The maximum atomic E-state index is 13.9. The number of sulfonamides is 1. The summed E-state index contributed by atoms with van der Waals surface area (Å²) in [7, 11) is -3.79. The van der Waals surface area contributed by atoms with E-state index in [2.05, 4.69) is 10.0 Å². The highest BCUT2D eigenvalue weighted by Crippen LogP contribution is 2.17. The monoisotopic (exact) mass is 440 g/mol. The number of aryl methyl sites for hydroxylation is 1. The van der Waals surface area contributed by atoms with E-state index in [0.29, 0.717) is 17.5 Å². The second-order valence-electron chi connectivity index (χ2n) is 7.46. The van der Waals surface area contributed by atoms with E-state index in [4.69, 9.17) is 0 Å². The van der Waals surface area contributed by atoms with Crippen LogP contribution in [0.5, 0.6) is 0 Å². The molecule has 162 valence electrons. The number of carbonyl (C=O) groups is 1. The van der Waals surface area contributed by atoms with Crippen LogP contribution in [-0.4, -0.2) is 20.4 Å². The van der Waals surface area contributed by atoms with Crippen LogP contribution in [0.25, 0.3) is 0 Å². The SMILES string of the molecule is Cc1ccc(S(=O)(=O)NCc2ccccc2)cc1C(=O)NC(C)Cc1ccccc1F. The first-order chi connectivity index (χ1) is 14.8. The fourth-order valence-corrected chi connectivity index (χ4v) is 4.26. The molecule has 0 fully saturated rings. The molecule has 0 aliphatic rings. The van der Waals surface area contributed by atoms with E-state index in [1.54, 1.807) is 38.1 Å². The third kappa shape index (κ3) is 5.99. The molecule has 1 amide bonds. The minimum absolute atomic E-state index is 0.0148. The lowest BCUT2D eigenvalue weighted by Gasteiger charge is -2.16. The molecule has 1 atom stereocenters. The highest BCUT2D eigenvalue weighted by Gasteiger charge is 2.19. The Morgan fingerprint density at radius 3 is 2.39 bits per heavy atom. The van der Waals surface area contributed by atoms with Gasteiger partial charge < -0.3 is 5.32 Å². The Hall–Kier alpha value is -3.03. The van der Waals surface area contributed by atoms with Crippen molar-refractivity contribution in [3.8, 4) is 0 Å². The maximum absolute atomic E-state index is 13.9. The average molecular weight is 441 g/mol. The van der Waals surface area contributed by atoms with Crippen molar-refractivity contribution in [2.45, 2.75) is 37.8 Å². The van der Waals surface area contributed by atoms with Gasteiger partial charge >= 0.3 is 0 Å². The summed E-state index contributed by atoms with van der Waals surface area (Å²) in [6.45, 7) is 3.67. The number of carbonyl (C=O) groups excluding carboxylic acids is 1. The summed E-state index contributed by atoms with van der Waals surface area (Å²) in [5.74, 6) is -0.723. The van der Waals surface area contributed by atoms with Gasteiger partial charge in [0.05, 0.1) is 4.90 Å². The van der Waals surface area contributed by atoms with E-state index < -0.39 is 15.9 Å². The molecule has 3 aromatic carbocycles. The van der Waals surface area contributed by atoms with Gasteiger partial charge in [-0.1, -0.05) is 54.6 Å². The molecule has 31 heavy (non-hydrogen) atoms. The standard InChI is InChI=1S/C24H25FN2O3S/c1-17-12-13-21(31(29,30)26-16-19-8-4-3-5-9-19)15-22(17)24(28)27-18(2)14-20-10-6-7-11-23(20)25/h3-13,15,18,26H,14,16H2,1-2H3,(H,27,28). The van der Waals surface area contributed by atoms with Crippen molar-refractivity contribution in [3.63, 3.8) is 0 Å². The quantitative estimate of drug-likeness (QED) is 0.557. The van der Waals surface area contributed by atoms with Gasteiger partial charge in [-0.3, -0.25) is 4.79 Å². The molecule has 0 saturated heterocycles. The number of amides is 1. The molecule has 3 aromatic rings. The largest absolute Gasteiger partial charge is 0.349 e. The number of benzene rings is 3. The molecule has 0 heterocycles. The Morgan fingerprint density at radius 1 is 1.00 bits per heavy atom. The highest BCUT2D eigenvalue weighted by atomic mass is 32.2. The lowest BCUT2D eigenvalue weighted by molar-refractivity contribution is 0.0939. The number of nitrogens with one attached hydrogen (secondary N) is 2. The molecule has 1 unspecified atom stereocenters. The normalized spacial score (nSPS) is 12.4. The van der Waals surface area contributed by atoms with E-state index >= 15 is 0 Å². The molecule has 5 nitrogen and oxygen atoms in total. The molecule has 0 bridgehead atoms. The summed E-state index contributed by atoms with van der Waals surface area (Å²) in [6, 6.07) is 19.7. The second kappa shape index (κ2) is 9.85. The van der Waals surface area contributed by atoms with Crippen LogP contribution in [0.1, 0.15) is 34.0 Å². The molecule has 0 aliphatic carbocycles. The first kappa shape index (κ1) is 22.7. The molecule has 0 radical (unpaired) electrons. The number of hydrogen-bond donors (Lipinski definition) is 2. The molecule has 0 saturated carbocycles. The number of hydrogen-bond acceptors (Lipinski definition) is 3. The predicted octanol–water partition coefficient (Wildman–Crippen LogP) is 3.97. The van der Waals surface area contributed by atoms with Gasteiger partial charge in [0.1, 0.15) is 5.82 Å². The topological polar surface area (TPSA) is 75.3 Å². The van der Waals surface area contributed by atoms with Gasteiger partial charge in [-0.15, -0.1) is 0 Å². The van der Waals surface area contributed by atoms with Gasteiger partial charge in [0.25, 0.3) is 5.91 Å². The maximum Gasteiger partial charge on any atom is 0.251 e. The van der Waals surface area contributed by atoms with Crippen LogP contribution in [0, 0.1) is 12.7 Å². The van der Waals surface area contributed by atoms with Crippen LogP contribution in [-0.2, 0) is 23.0 Å². The molecule has 0 spiro atoms. The summed E-state index contributed by atoms with van der Waals surface area (Å²) in [5, 5.41) is 2.83. The highest BCUT2D eigenvalue weighted by molar-refractivity contribution is 7.89. The zero-order valence-corrected chi connectivity index (χ0v) is 18.2. The van der Waals surface area contributed by atoms with Gasteiger partial charge in [-0.25, -0.2) is 17.5 Å². The Bertz CT molecular complexity index is 1160. The zero-order valence-electron chi connectivity index (χ0n) is 17.4. The summed E-state index contributed by atoms with van der Waals surface area (Å²) in [4.78, 5) is 12.8. The number of halogens is 1. The summed E-state index contributed by atoms with van der Waals surface area (Å²) >= 11 is 0. The minimum Gasteiger partial charge on any atom is -0.349 e. The lowest BCUT2D eigenvalue weighted by atomic mass is 10.0. The molecular formula is C24H25FN2O3S. The minimum atomic E-state index is -3.79. The molecule has 2 N–H and O–H groups in total. The van der Waals surface area contributed by atoms with Crippen LogP contribution in [0.4, 0.5) is 4.39 Å². The van der Waals surface area contributed by atoms with Crippen molar-refractivity contribution >= 4 is 15.9 Å². The first-order valence-corrected chi connectivity index (χ1v) is 11.4. The van der Waals surface area contributed by atoms with E-state index in [9.17, 15) is 17.6 Å². The van der Waals surface area contributed by atoms with E-state index in [0.717, 1.165) is 5.56 Å². The van der Waals surface area contributed by atoms with Crippen LogP contribution in [0.15, 0.2) is 77.7 Å². The van der Waals surface area contributed by atoms with Crippen molar-refractivity contribution in [1.82, 2.24) is 10.0 Å². The van der Waals surface area contributed by atoms with E-state index in [1.807, 2.05) is 30.3 Å². The first-order valence-electron chi connectivity index (χ1n) is 9.95. The zero-order chi connectivity index (χ0) is 22.4. The van der Waals surface area contributed by atoms with Crippen molar-refractivity contribution in [2.75, 3.05) is 0 Å². The van der Waals surface area contributed by atoms with Gasteiger partial charge in [0, 0.05) is 18.2 Å². The van der Waals surface area contributed by atoms with Crippen LogP contribution >= 0.6 is 0 Å². The van der Waals surface area contributed by atoms with Gasteiger partial charge in [-0.2, -0.15) is 0 Å². The lowest BCUT2D eigenvalue weighted by Crippen LogP contribution is -2.35. The molecular weight excluding hydrogens is 415 g/mol. The second-order valence-corrected chi connectivity index (χ2v) is 9.22. The van der Waals surface area contributed by atoms with Gasteiger partial charge in [0.15, 0.2) is 0 Å². The van der Waals surface area contributed by atoms with Crippen LogP contribution < -0.4 is 10.0 Å². The Kier molecular flexibility index (Phi) is 7.20. The third-order valence-corrected chi connectivity index (χ3v) is 6.33. The Balaban J connectivity index is 1.72. The average Bonchev–Trinajstić information content (AvgIpc) is 2.75. The number of rotatable bonds is 8. The summed E-state index contributed by atoms with van der Waals surface area (Å²) in [5.41, 5.74) is 2.26.